The first-order valence-electron chi connectivity index (χ1n) is 7.35. The Morgan fingerprint density at radius 1 is 1.17 bits per heavy atom. The van der Waals surface area contributed by atoms with Crippen molar-refractivity contribution >= 4 is 5.91 Å². The van der Waals surface area contributed by atoms with E-state index in [2.05, 4.69) is 5.32 Å². The first kappa shape index (κ1) is 16.2. The van der Waals surface area contributed by atoms with Gasteiger partial charge >= 0.3 is 0 Å². The zero-order chi connectivity index (χ0) is 17.1. The second-order valence-corrected chi connectivity index (χ2v) is 5.30. The van der Waals surface area contributed by atoms with E-state index in [1.165, 1.54) is 0 Å². The summed E-state index contributed by atoms with van der Waals surface area (Å²) in [5.74, 6) is -1.16. The van der Waals surface area contributed by atoms with Gasteiger partial charge in [0, 0.05) is 12.6 Å². The number of amides is 1. The number of benzene rings is 2. The Balaban J connectivity index is 1.55. The van der Waals surface area contributed by atoms with Gasteiger partial charge < -0.3 is 19.9 Å². The van der Waals surface area contributed by atoms with Crippen LogP contribution in [0.3, 0.4) is 0 Å². The lowest BCUT2D eigenvalue weighted by Gasteiger charge is -2.12. The van der Waals surface area contributed by atoms with E-state index >= 15 is 0 Å². The summed E-state index contributed by atoms with van der Waals surface area (Å²) < 4.78 is 36.8. The van der Waals surface area contributed by atoms with Gasteiger partial charge in [0.2, 0.25) is 6.79 Å². The van der Waals surface area contributed by atoms with Crippen molar-refractivity contribution in [3.05, 3.63) is 59.2 Å². The Hall–Kier alpha value is -2.67. The van der Waals surface area contributed by atoms with E-state index in [1.807, 2.05) is 0 Å². The third kappa shape index (κ3) is 3.46. The monoisotopic (exact) mass is 335 g/mol. The van der Waals surface area contributed by atoms with Crippen molar-refractivity contribution < 1.29 is 28.2 Å². The van der Waals surface area contributed by atoms with E-state index < -0.39 is 23.6 Å². The fraction of sp³-hybridized carbons (Fsp3) is 0.235. The van der Waals surface area contributed by atoms with Crippen molar-refractivity contribution in [1.82, 2.24) is 5.32 Å². The molecule has 0 radical (unpaired) electrons. The highest BCUT2D eigenvalue weighted by molar-refractivity contribution is 5.94. The smallest absolute Gasteiger partial charge is 0.254 e. The first-order valence-corrected chi connectivity index (χ1v) is 7.35. The molecular formula is C17H15F2NO4. The molecule has 0 saturated carbocycles. The minimum absolute atomic E-state index is 0.130. The maximum Gasteiger partial charge on any atom is 0.254 e. The Labute approximate surface area is 136 Å². The second-order valence-electron chi connectivity index (χ2n) is 5.30. The van der Waals surface area contributed by atoms with Crippen molar-refractivity contribution in [2.45, 2.75) is 12.5 Å². The molecule has 24 heavy (non-hydrogen) atoms. The first-order chi connectivity index (χ1) is 11.5. The number of nitrogens with one attached hydrogen (secondary N) is 1. The van der Waals surface area contributed by atoms with E-state index in [1.54, 1.807) is 18.2 Å². The molecule has 0 aromatic heterocycles. The van der Waals surface area contributed by atoms with Gasteiger partial charge in [0.25, 0.3) is 5.91 Å². The lowest BCUT2D eigenvalue weighted by Crippen LogP contribution is -2.26. The van der Waals surface area contributed by atoms with Crippen LogP contribution in [0.4, 0.5) is 8.78 Å². The minimum atomic E-state index is -0.927. The van der Waals surface area contributed by atoms with Crippen LogP contribution in [0.15, 0.2) is 36.4 Å². The highest BCUT2D eigenvalue weighted by Crippen LogP contribution is 2.34. The van der Waals surface area contributed by atoms with E-state index in [-0.39, 0.29) is 25.3 Å². The number of ether oxygens (including phenoxy) is 2. The molecule has 1 heterocycles. The molecule has 1 aliphatic heterocycles. The number of hydrogen-bond acceptors (Lipinski definition) is 4. The summed E-state index contributed by atoms with van der Waals surface area (Å²) in [6.45, 7) is 0.277. The summed E-state index contributed by atoms with van der Waals surface area (Å²) in [4.78, 5) is 11.9. The molecule has 1 aliphatic rings. The third-order valence-electron chi connectivity index (χ3n) is 3.66. The van der Waals surface area contributed by atoms with Gasteiger partial charge in [-0.1, -0.05) is 6.07 Å². The molecule has 3 rings (SSSR count). The summed E-state index contributed by atoms with van der Waals surface area (Å²) in [5.41, 5.74) is 0.385. The standard InChI is InChI=1S/C17H15F2NO4/c18-11-2-3-12(13(19)8-11)17(22)20-6-5-14(21)10-1-4-15-16(7-10)24-9-23-15/h1-4,7-8,14,21H,5-6,9H2,(H,20,22)/t14-/m1/s1. The molecule has 0 spiro atoms. The van der Waals surface area contributed by atoms with Crippen LogP contribution in [0, 0.1) is 11.6 Å². The number of rotatable bonds is 5. The molecule has 0 fully saturated rings. The Bertz CT molecular complexity index is 766. The molecule has 0 aliphatic carbocycles. The SMILES string of the molecule is O=C(NCC[C@@H](O)c1ccc2c(c1)OCO2)c1ccc(F)cc1F. The molecule has 1 atom stereocenters. The molecule has 1 amide bonds. The zero-order valence-electron chi connectivity index (χ0n) is 12.6. The van der Waals surface area contributed by atoms with Crippen molar-refractivity contribution in [2.75, 3.05) is 13.3 Å². The number of carbonyl (C=O) groups is 1. The lowest BCUT2D eigenvalue weighted by molar-refractivity contribution is 0.0938. The quantitative estimate of drug-likeness (QED) is 0.881. The van der Waals surface area contributed by atoms with Gasteiger partial charge in [-0.15, -0.1) is 0 Å². The van der Waals surface area contributed by atoms with Gasteiger partial charge in [-0.2, -0.15) is 0 Å². The second kappa shape index (κ2) is 6.84. The number of carbonyl (C=O) groups excluding carboxylic acids is 1. The van der Waals surface area contributed by atoms with E-state index in [4.69, 9.17) is 9.47 Å². The van der Waals surface area contributed by atoms with E-state index in [0.29, 0.717) is 23.1 Å². The number of halogens is 2. The summed E-state index contributed by atoms with van der Waals surface area (Å²) in [5, 5.41) is 12.6. The van der Waals surface area contributed by atoms with Gasteiger partial charge in [-0.3, -0.25) is 4.79 Å². The molecule has 2 aromatic rings. The summed E-state index contributed by atoms with van der Waals surface area (Å²) in [6.07, 6.45) is -0.591. The minimum Gasteiger partial charge on any atom is -0.454 e. The van der Waals surface area contributed by atoms with Gasteiger partial charge in [0.05, 0.1) is 11.7 Å². The summed E-state index contributed by atoms with van der Waals surface area (Å²) >= 11 is 0. The number of aliphatic hydroxyl groups is 1. The molecule has 0 unspecified atom stereocenters. The average molecular weight is 335 g/mol. The molecule has 0 bridgehead atoms. The van der Waals surface area contributed by atoms with Crippen LogP contribution in [-0.4, -0.2) is 24.4 Å². The molecule has 0 saturated heterocycles. The summed E-state index contributed by atoms with van der Waals surface area (Å²) in [7, 11) is 0. The molecule has 7 heteroatoms. The fourth-order valence-corrected chi connectivity index (χ4v) is 2.38. The normalized spacial score (nSPS) is 13.6. The molecule has 2 aromatic carbocycles. The highest BCUT2D eigenvalue weighted by Gasteiger charge is 2.17. The molecule has 2 N–H and O–H groups in total. The zero-order valence-corrected chi connectivity index (χ0v) is 12.6. The van der Waals surface area contributed by atoms with Crippen LogP contribution < -0.4 is 14.8 Å². The third-order valence-corrected chi connectivity index (χ3v) is 3.66. The molecular weight excluding hydrogens is 320 g/mol. The van der Waals surface area contributed by atoms with Gasteiger partial charge in [0.15, 0.2) is 11.5 Å². The Morgan fingerprint density at radius 2 is 1.96 bits per heavy atom. The van der Waals surface area contributed by atoms with E-state index in [0.717, 1.165) is 12.1 Å². The number of aliphatic hydroxyl groups excluding tert-OH is 1. The molecule has 5 nitrogen and oxygen atoms in total. The van der Waals surface area contributed by atoms with Crippen LogP contribution in [0.1, 0.15) is 28.4 Å². The maximum absolute atomic E-state index is 13.5. The average Bonchev–Trinajstić information content (AvgIpc) is 3.02. The van der Waals surface area contributed by atoms with Crippen molar-refractivity contribution in [1.29, 1.82) is 0 Å². The number of fused-ring (bicyclic) bond motifs is 1. The van der Waals surface area contributed by atoms with Crippen molar-refractivity contribution in [2.24, 2.45) is 0 Å². The van der Waals surface area contributed by atoms with Crippen LogP contribution >= 0.6 is 0 Å². The topological polar surface area (TPSA) is 67.8 Å². The van der Waals surface area contributed by atoms with Gasteiger partial charge in [0.1, 0.15) is 11.6 Å². The lowest BCUT2D eigenvalue weighted by atomic mass is 10.1. The Kier molecular flexibility index (Phi) is 4.61. The largest absolute Gasteiger partial charge is 0.454 e. The van der Waals surface area contributed by atoms with Crippen molar-refractivity contribution in [3.63, 3.8) is 0 Å². The van der Waals surface area contributed by atoms with Crippen molar-refractivity contribution in [3.8, 4) is 11.5 Å². The number of hydrogen-bond donors (Lipinski definition) is 2. The summed E-state index contributed by atoms with van der Waals surface area (Å²) in [6, 6.07) is 7.82. The van der Waals surface area contributed by atoms with E-state index in [9.17, 15) is 18.7 Å². The predicted octanol–water partition coefficient (Wildman–Crippen LogP) is 2.55. The van der Waals surface area contributed by atoms with Gasteiger partial charge in [-0.25, -0.2) is 8.78 Å². The van der Waals surface area contributed by atoms with Crippen LogP contribution in [0.2, 0.25) is 0 Å². The highest BCUT2D eigenvalue weighted by atomic mass is 19.1. The Morgan fingerprint density at radius 3 is 2.75 bits per heavy atom. The predicted molar refractivity (Wildman–Crippen MR) is 80.8 cm³/mol. The van der Waals surface area contributed by atoms with Gasteiger partial charge in [-0.05, 0) is 36.2 Å². The maximum atomic E-state index is 13.5. The van der Waals surface area contributed by atoms with Crippen LogP contribution in [0.5, 0.6) is 11.5 Å². The fourth-order valence-electron chi connectivity index (χ4n) is 2.38. The van der Waals surface area contributed by atoms with Crippen LogP contribution in [-0.2, 0) is 0 Å². The molecule has 126 valence electrons. The van der Waals surface area contributed by atoms with Crippen LogP contribution in [0.25, 0.3) is 0 Å².